The summed E-state index contributed by atoms with van der Waals surface area (Å²) in [4.78, 5) is 2.27. The van der Waals surface area contributed by atoms with E-state index in [9.17, 15) is 0 Å². The highest BCUT2D eigenvalue weighted by molar-refractivity contribution is 5.08. The molecule has 1 rings (SSSR count). The maximum Gasteiger partial charge on any atom is 0.185 e. The van der Waals surface area contributed by atoms with Crippen LogP contribution in [0.5, 0.6) is 0 Å². The minimum Gasteiger partial charge on any atom is -0.306 e. The van der Waals surface area contributed by atoms with Gasteiger partial charge in [0.1, 0.15) is 7.05 Å². The van der Waals surface area contributed by atoms with Gasteiger partial charge in [-0.2, -0.15) is 0 Å². The van der Waals surface area contributed by atoms with E-state index in [1.54, 1.807) is 0 Å². The molecular weight excluding hydrogens is 184 g/mol. The molecule has 0 saturated heterocycles. The molecule has 2 atom stereocenters. The third-order valence-electron chi connectivity index (χ3n) is 3.53. The number of hydrogen-bond acceptors (Lipinski definition) is 1. The Labute approximate surface area is 93.5 Å². The second-order valence-electron chi connectivity index (χ2n) is 4.64. The Kier molecular flexibility index (Phi) is 3.86. The first-order valence-corrected chi connectivity index (χ1v) is 5.57. The zero-order valence-corrected chi connectivity index (χ0v) is 10.8. The average molecular weight is 207 g/mol. The fraction of sp³-hybridized carbons (Fsp3) is 0.615. The summed E-state index contributed by atoms with van der Waals surface area (Å²) in [5.41, 5.74) is 2.71. The van der Waals surface area contributed by atoms with Crippen molar-refractivity contribution in [3.8, 4) is 0 Å². The Morgan fingerprint density at radius 3 is 2.33 bits per heavy atom. The topological polar surface area (TPSA) is 7.12 Å². The van der Waals surface area contributed by atoms with Gasteiger partial charge in [0, 0.05) is 25.1 Å². The van der Waals surface area contributed by atoms with E-state index in [-0.39, 0.29) is 0 Å². The van der Waals surface area contributed by atoms with Gasteiger partial charge in [-0.3, -0.25) is 0 Å². The first kappa shape index (κ1) is 12.2. The van der Waals surface area contributed by atoms with Gasteiger partial charge in [0.15, 0.2) is 11.4 Å². The lowest BCUT2D eigenvalue weighted by Gasteiger charge is -2.24. The summed E-state index contributed by atoms with van der Waals surface area (Å²) >= 11 is 0. The molecule has 2 unspecified atom stereocenters. The van der Waals surface area contributed by atoms with Gasteiger partial charge in [-0.1, -0.05) is 6.92 Å². The van der Waals surface area contributed by atoms with Crippen LogP contribution in [0.15, 0.2) is 18.2 Å². The van der Waals surface area contributed by atoms with Crippen LogP contribution in [0.3, 0.4) is 0 Å². The van der Waals surface area contributed by atoms with Gasteiger partial charge in [-0.25, -0.2) is 4.57 Å². The van der Waals surface area contributed by atoms with E-state index >= 15 is 0 Å². The van der Waals surface area contributed by atoms with Crippen molar-refractivity contribution in [3.63, 3.8) is 0 Å². The Morgan fingerprint density at radius 1 is 1.20 bits per heavy atom. The van der Waals surface area contributed by atoms with E-state index in [0.717, 1.165) is 0 Å². The molecule has 0 bridgehead atoms. The van der Waals surface area contributed by atoms with Crippen LogP contribution in [0.4, 0.5) is 0 Å². The number of rotatable bonds is 3. The van der Waals surface area contributed by atoms with Crippen LogP contribution >= 0.6 is 0 Å². The lowest BCUT2D eigenvalue weighted by molar-refractivity contribution is -0.686. The zero-order valence-electron chi connectivity index (χ0n) is 10.8. The smallest absolute Gasteiger partial charge is 0.185 e. The Bertz CT molecular complexity index is 331. The molecule has 2 heteroatoms. The Morgan fingerprint density at radius 2 is 1.80 bits per heavy atom. The van der Waals surface area contributed by atoms with Crippen molar-refractivity contribution in [1.82, 2.24) is 4.90 Å². The summed E-state index contributed by atoms with van der Waals surface area (Å²) in [5.74, 6) is 0.546. The fourth-order valence-electron chi connectivity index (χ4n) is 1.86. The highest BCUT2D eigenvalue weighted by Crippen LogP contribution is 2.18. The van der Waals surface area contributed by atoms with Crippen molar-refractivity contribution in [2.24, 2.45) is 7.05 Å². The standard InChI is InChI=1S/C13H23N2/c1-10-8-7-9-13(15(10)6)11(2)12(3)14(4)5/h7-9,11-12H,1-6H3/q+1. The summed E-state index contributed by atoms with van der Waals surface area (Å²) in [6.45, 7) is 6.71. The monoisotopic (exact) mass is 207 g/mol. The third kappa shape index (κ3) is 2.57. The van der Waals surface area contributed by atoms with Crippen molar-refractivity contribution in [2.45, 2.75) is 32.7 Å². The summed E-state index contributed by atoms with van der Waals surface area (Å²) in [5, 5.41) is 0. The molecule has 15 heavy (non-hydrogen) atoms. The zero-order chi connectivity index (χ0) is 11.6. The third-order valence-corrected chi connectivity index (χ3v) is 3.53. The largest absolute Gasteiger partial charge is 0.306 e. The van der Waals surface area contributed by atoms with Crippen molar-refractivity contribution < 1.29 is 4.57 Å². The number of likely N-dealkylation sites (N-methyl/N-ethyl adjacent to an activating group) is 1. The maximum absolute atomic E-state index is 2.29. The van der Waals surface area contributed by atoms with Gasteiger partial charge >= 0.3 is 0 Å². The molecule has 0 aromatic carbocycles. The molecule has 0 N–H and O–H groups in total. The van der Waals surface area contributed by atoms with Gasteiger partial charge in [-0.05, 0) is 27.1 Å². The van der Waals surface area contributed by atoms with Gasteiger partial charge in [0.25, 0.3) is 0 Å². The molecule has 1 heterocycles. The lowest BCUT2D eigenvalue weighted by Crippen LogP contribution is -2.42. The molecule has 0 aliphatic rings. The van der Waals surface area contributed by atoms with Crippen molar-refractivity contribution in [3.05, 3.63) is 29.6 Å². The number of aryl methyl sites for hydroxylation is 1. The normalized spacial score (nSPS) is 15.4. The predicted octanol–water partition coefficient (Wildman–Crippen LogP) is 1.87. The van der Waals surface area contributed by atoms with Gasteiger partial charge in [-0.15, -0.1) is 0 Å². The second-order valence-corrected chi connectivity index (χ2v) is 4.64. The van der Waals surface area contributed by atoms with Crippen LogP contribution in [-0.2, 0) is 7.05 Å². The number of pyridine rings is 1. The lowest BCUT2D eigenvalue weighted by atomic mass is 9.97. The molecule has 0 radical (unpaired) electrons. The first-order valence-electron chi connectivity index (χ1n) is 5.57. The molecule has 0 spiro atoms. The van der Waals surface area contributed by atoms with E-state index in [1.165, 1.54) is 11.4 Å². The molecule has 0 aliphatic carbocycles. The molecule has 0 amide bonds. The van der Waals surface area contributed by atoms with E-state index < -0.39 is 0 Å². The summed E-state index contributed by atoms with van der Waals surface area (Å²) in [7, 11) is 6.41. The molecule has 0 aliphatic heterocycles. The molecule has 0 saturated carbocycles. The van der Waals surface area contributed by atoms with E-state index in [4.69, 9.17) is 0 Å². The average Bonchev–Trinajstić information content (AvgIpc) is 2.20. The van der Waals surface area contributed by atoms with Crippen LogP contribution < -0.4 is 4.57 Å². The van der Waals surface area contributed by atoms with Gasteiger partial charge < -0.3 is 4.90 Å². The number of nitrogens with zero attached hydrogens (tertiary/aromatic N) is 2. The quantitative estimate of drug-likeness (QED) is 0.686. The molecule has 84 valence electrons. The van der Waals surface area contributed by atoms with Crippen molar-refractivity contribution in [1.29, 1.82) is 0 Å². The van der Waals surface area contributed by atoms with Gasteiger partial charge in [0.05, 0.1) is 5.92 Å². The highest BCUT2D eigenvalue weighted by atomic mass is 15.1. The van der Waals surface area contributed by atoms with Crippen LogP contribution in [0.2, 0.25) is 0 Å². The second kappa shape index (κ2) is 4.75. The van der Waals surface area contributed by atoms with Crippen molar-refractivity contribution >= 4 is 0 Å². The minimum atomic E-state index is 0.546. The summed E-state index contributed by atoms with van der Waals surface area (Å²) in [6, 6.07) is 7.07. The van der Waals surface area contributed by atoms with Crippen LogP contribution in [0.1, 0.15) is 31.2 Å². The fourth-order valence-corrected chi connectivity index (χ4v) is 1.86. The first-order chi connectivity index (χ1) is 6.95. The molecule has 0 fully saturated rings. The van der Waals surface area contributed by atoms with E-state index in [1.807, 2.05) is 0 Å². The summed E-state index contributed by atoms with van der Waals surface area (Å²) < 4.78 is 2.28. The summed E-state index contributed by atoms with van der Waals surface area (Å²) in [6.07, 6.45) is 0. The van der Waals surface area contributed by atoms with Crippen LogP contribution in [0.25, 0.3) is 0 Å². The van der Waals surface area contributed by atoms with Crippen LogP contribution in [0, 0.1) is 6.92 Å². The molecule has 2 nitrogen and oxygen atoms in total. The van der Waals surface area contributed by atoms with Crippen molar-refractivity contribution in [2.75, 3.05) is 14.1 Å². The predicted molar refractivity (Wildman–Crippen MR) is 63.9 cm³/mol. The minimum absolute atomic E-state index is 0.546. The molecule has 1 aromatic rings. The van der Waals surface area contributed by atoms with Crippen LogP contribution in [-0.4, -0.2) is 25.0 Å². The highest BCUT2D eigenvalue weighted by Gasteiger charge is 2.23. The number of aromatic nitrogens is 1. The van der Waals surface area contributed by atoms with E-state index in [0.29, 0.717) is 12.0 Å². The molecule has 1 aromatic heterocycles. The SMILES string of the molecule is Cc1cccc(C(C)C(C)N(C)C)[n+]1C. The van der Waals surface area contributed by atoms with E-state index in [2.05, 4.69) is 69.6 Å². The Balaban J connectivity index is 3.01. The Hall–Kier alpha value is -0.890. The molecular formula is C13H23N2+. The van der Waals surface area contributed by atoms with Gasteiger partial charge in [0.2, 0.25) is 0 Å². The maximum atomic E-state index is 2.29. The number of hydrogen-bond donors (Lipinski definition) is 0.